The summed E-state index contributed by atoms with van der Waals surface area (Å²) in [5.41, 5.74) is 0.877. The highest BCUT2D eigenvalue weighted by Crippen LogP contribution is 2.35. The van der Waals surface area contributed by atoms with Gasteiger partial charge in [-0.15, -0.1) is 0 Å². The first-order valence-corrected chi connectivity index (χ1v) is 6.72. The van der Waals surface area contributed by atoms with Gasteiger partial charge in [0.1, 0.15) is 11.6 Å². The quantitative estimate of drug-likeness (QED) is 0.529. The van der Waals surface area contributed by atoms with E-state index in [1.807, 2.05) is 6.07 Å². The molecular weight excluding hydrogens is 302 g/mol. The standard InChI is InChI=1S/C17H12ClNO3/c1-22-15-9-11(8-14(18)17(15)21)7-13(10-19)16(20)12-5-3-2-4-6-12/h2-9,21H,1H3/b13-7+. The van der Waals surface area contributed by atoms with Crippen LogP contribution in [0.4, 0.5) is 0 Å². The average molecular weight is 314 g/mol. The second-order valence-corrected chi connectivity index (χ2v) is 4.83. The summed E-state index contributed by atoms with van der Waals surface area (Å²) in [4.78, 5) is 12.3. The third kappa shape index (κ3) is 3.27. The summed E-state index contributed by atoms with van der Waals surface area (Å²) in [6, 6.07) is 13.3. The predicted molar refractivity (Wildman–Crippen MR) is 84.0 cm³/mol. The zero-order valence-corrected chi connectivity index (χ0v) is 12.5. The van der Waals surface area contributed by atoms with Crippen LogP contribution in [-0.4, -0.2) is 18.0 Å². The Hall–Kier alpha value is -2.77. The van der Waals surface area contributed by atoms with Gasteiger partial charge in [0.15, 0.2) is 11.5 Å². The van der Waals surface area contributed by atoms with Crippen molar-refractivity contribution in [1.29, 1.82) is 5.26 Å². The Morgan fingerprint density at radius 2 is 2.00 bits per heavy atom. The molecule has 0 aliphatic carbocycles. The molecule has 0 atom stereocenters. The molecule has 0 heterocycles. The van der Waals surface area contributed by atoms with Crippen molar-refractivity contribution >= 4 is 23.5 Å². The van der Waals surface area contributed by atoms with Gasteiger partial charge < -0.3 is 9.84 Å². The Morgan fingerprint density at radius 1 is 1.32 bits per heavy atom. The second kappa shape index (κ2) is 6.79. The minimum absolute atomic E-state index is 0.0324. The predicted octanol–water partition coefficient (Wildman–Crippen LogP) is 3.84. The number of ketones is 1. The van der Waals surface area contributed by atoms with Gasteiger partial charge in [0, 0.05) is 5.56 Å². The van der Waals surface area contributed by atoms with Crippen LogP contribution in [0.5, 0.6) is 11.5 Å². The molecule has 0 saturated carbocycles. The van der Waals surface area contributed by atoms with Gasteiger partial charge in [-0.25, -0.2) is 0 Å². The fourth-order valence-electron chi connectivity index (χ4n) is 1.89. The summed E-state index contributed by atoms with van der Waals surface area (Å²) in [5.74, 6) is -0.399. The lowest BCUT2D eigenvalue weighted by molar-refractivity contribution is 0.104. The van der Waals surface area contributed by atoms with E-state index in [1.54, 1.807) is 30.3 Å². The van der Waals surface area contributed by atoms with Crippen LogP contribution in [0.1, 0.15) is 15.9 Å². The molecule has 2 aromatic rings. The van der Waals surface area contributed by atoms with E-state index in [-0.39, 0.29) is 27.9 Å². The number of nitrogens with zero attached hydrogens (tertiary/aromatic N) is 1. The number of phenolic OH excluding ortho intramolecular Hbond substituents is 1. The fraction of sp³-hybridized carbons (Fsp3) is 0.0588. The first kappa shape index (κ1) is 15.6. The number of benzene rings is 2. The van der Waals surface area contributed by atoms with Gasteiger partial charge in [-0.05, 0) is 23.8 Å². The second-order valence-electron chi connectivity index (χ2n) is 4.42. The molecule has 0 amide bonds. The minimum atomic E-state index is -0.383. The summed E-state index contributed by atoms with van der Waals surface area (Å²) in [5, 5.41) is 19.0. The van der Waals surface area contributed by atoms with Crippen LogP contribution in [0.3, 0.4) is 0 Å². The number of phenols is 1. The highest BCUT2D eigenvalue weighted by molar-refractivity contribution is 6.32. The van der Waals surface area contributed by atoms with Gasteiger partial charge in [0.25, 0.3) is 0 Å². The number of allylic oxidation sites excluding steroid dienone is 1. The molecule has 2 aromatic carbocycles. The van der Waals surface area contributed by atoms with Crippen LogP contribution in [0.25, 0.3) is 6.08 Å². The molecule has 0 aliphatic rings. The molecule has 0 radical (unpaired) electrons. The average Bonchev–Trinajstić information content (AvgIpc) is 2.55. The van der Waals surface area contributed by atoms with Crippen molar-refractivity contribution in [2.45, 2.75) is 0 Å². The first-order valence-electron chi connectivity index (χ1n) is 6.35. The summed E-state index contributed by atoms with van der Waals surface area (Å²) in [6.07, 6.45) is 1.41. The zero-order valence-electron chi connectivity index (χ0n) is 11.7. The maximum Gasteiger partial charge on any atom is 0.203 e. The molecule has 1 N–H and O–H groups in total. The normalized spacial score (nSPS) is 10.9. The largest absolute Gasteiger partial charge is 0.503 e. The van der Waals surface area contributed by atoms with Crippen molar-refractivity contribution in [1.82, 2.24) is 0 Å². The zero-order chi connectivity index (χ0) is 16.1. The Labute approximate surface area is 132 Å². The molecule has 0 fully saturated rings. The van der Waals surface area contributed by atoms with Gasteiger partial charge in [0.05, 0.1) is 12.1 Å². The molecule has 110 valence electrons. The molecule has 0 aromatic heterocycles. The number of hydrogen-bond acceptors (Lipinski definition) is 4. The minimum Gasteiger partial charge on any atom is -0.503 e. The Balaban J connectivity index is 2.44. The van der Waals surface area contributed by atoms with E-state index in [0.29, 0.717) is 11.1 Å². The van der Waals surface area contributed by atoms with Crippen LogP contribution in [0.2, 0.25) is 5.02 Å². The van der Waals surface area contributed by atoms with Crippen molar-refractivity contribution in [3.05, 3.63) is 64.2 Å². The Bertz CT molecular complexity index is 776. The van der Waals surface area contributed by atoms with Crippen molar-refractivity contribution in [3.8, 4) is 17.6 Å². The van der Waals surface area contributed by atoms with Crippen LogP contribution >= 0.6 is 11.6 Å². The molecule has 0 aliphatic heterocycles. The third-order valence-electron chi connectivity index (χ3n) is 2.98. The molecule has 22 heavy (non-hydrogen) atoms. The maximum atomic E-state index is 12.3. The number of nitriles is 1. The SMILES string of the molecule is COc1cc(/C=C(\C#N)C(=O)c2ccccc2)cc(Cl)c1O. The number of ether oxygens (including phenoxy) is 1. The van der Waals surface area contributed by atoms with Gasteiger partial charge in [0.2, 0.25) is 5.78 Å². The van der Waals surface area contributed by atoms with E-state index in [1.165, 1.54) is 25.3 Å². The highest BCUT2D eigenvalue weighted by Gasteiger charge is 2.13. The molecular formula is C17H12ClNO3. The van der Waals surface area contributed by atoms with E-state index < -0.39 is 0 Å². The number of methoxy groups -OCH3 is 1. The van der Waals surface area contributed by atoms with E-state index in [4.69, 9.17) is 16.3 Å². The lowest BCUT2D eigenvalue weighted by Crippen LogP contribution is -2.01. The lowest BCUT2D eigenvalue weighted by Gasteiger charge is -2.07. The summed E-state index contributed by atoms with van der Waals surface area (Å²) < 4.78 is 5.00. The summed E-state index contributed by atoms with van der Waals surface area (Å²) in [6.45, 7) is 0. The van der Waals surface area contributed by atoms with Crippen molar-refractivity contribution in [2.75, 3.05) is 7.11 Å². The number of rotatable bonds is 4. The molecule has 5 heteroatoms. The number of halogens is 1. The van der Waals surface area contributed by atoms with Crippen molar-refractivity contribution in [3.63, 3.8) is 0 Å². The van der Waals surface area contributed by atoms with Crippen LogP contribution < -0.4 is 4.74 Å². The summed E-state index contributed by atoms with van der Waals surface area (Å²) >= 11 is 5.89. The number of Topliss-reactive ketones (excluding diaryl/α,β-unsaturated/α-hetero) is 1. The van der Waals surface area contributed by atoms with Gasteiger partial charge in [-0.3, -0.25) is 4.79 Å². The van der Waals surface area contributed by atoms with Gasteiger partial charge in [-0.1, -0.05) is 41.9 Å². The molecule has 0 bridgehead atoms. The number of hydrogen-bond donors (Lipinski definition) is 1. The number of carbonyl (C=O) groups is 1. The lowest BCUT2D eigenvalue weighted by atomic mass is 10.0. The van der Waals surface area contributed by atoms with Crippen LogP contribution in [-0.2, 0) is 0 Å². The van der Waals surface area contributed by atoms with E-state index in [2.05, 4.69) is 0 Å². The molecule has 2 rings (SSSR count). The molecule has 0 spiro atoms. The highest BCUT2D eigenvalue weighted by atomic mass is 35.5. The van der Waals surface area contributed by atoms with Crippen LogP contribution in [0.15, 0.2) is 48.0 Å². The maximum absolute atomic E-state index is 12.3. The third-order valence-corrected chi connectivity index (χ3v) is 3.27. The van der Waals surface area contributed by atoms with Gasteiger partial charge in [-0.2, -0.15) is 5.26 Å². The summed E-state index contributed by atoms with van der Waals surface area (Å²) in [7, 11) is 1.39. The van der Waals surface area contributed by atoms with Gasteiger partial charge >= 0.3 is 0 Å². The van der Waals surface area contributed by atoms with Crippen molar-refractivity contribution < 1.29 is 14.6 Å². The Morgan fingerprint density at radius 3 is 2.59 bits per heavy atom. The monoisotopic (exact) mass is 313 g/mol. The van der Waals surface area contributed by atoms with E-state index >= 15 is 0 Å². The molecule has 0 saturated heterocycles. The van der Waals surface area contributed by atoms with E-state index in [9.17, 15) is 15.2 Å². The Kier molecular flexibility index (Phi) is 4.82. The fourth-order valence-corrected chi connectivity index (χ4v) is 2.11. The smallest absolute Gasteiger partial charge is 0.203 e. The number of aromatic hydroxyl groups is 1. The van der Waals surface area contributed by atoms with Crippen molar-refractivity contribution in [2.24, 2.45) is 0 Å². The van der Waals surface area contributed by atoms with Crippen LogP contribution in [0, 0.1) is 11.3 Å². The first-order chi connectivity index (χ1) is 10.6. The molecule has 0 unspecified atom stereocenters. The van der Waals surface area contributed by atoms with E-state index in [0.717, 1.165) is 0 Å². The topological polar surface area (TPSA) is 70.3 Å². The molecule has 4 nitrogen and oxygen atoms in total. The number of carbonyl (C=O) groups excluding carboxylic acids is 1.